The lowest BCUT2D eigenvalue weighted by molar-refractivity contribution is -0.144. The fourth-order valence-corrected chi connectivity index (χ4v) is 1.49. The highest BCUT2D eigenvalue weighted by molar-refractivity contribution is 5.95. The largest absolute Gasteiger partial charge is 0.467 e. The van der Waals surface area contributed by atoms with Gasteiger partial charge in [0, 0.05) is 29.5 Å². The van der Waals surface area contributed by atoms with Gasteiger partial charge in [0.15, 0.2) is 0 Å². The van der Waals surface area contributed by atoms with Gasteiger partial charge < -0.3 is 24.9 Å². The summed E-state index contributed by atoms with van der Waals surface area (Å²) in [6.45, 7) is 9.89. The summed E-state index contributed by atoms with van der Waals surface area (Å²) in [6, 6.07) is -0.746. The van der Waals surface area contributed by atoms with E-state index in [4.69, 9.17) is 5.11 Å². The van der Waals surface area contributed by atoms with Crippen molar-refractivity contribution in [1.29, 1.82) is 0 Å². The highest BCUT2D eigenvalue weighted by Crippen LogP contribution is 2.01. The van der Waals surface area contributed by atoms with Gasteiger partial charge in [-0.05, 0) is 13.8 Å². The molecule has 0 fully saturated rings. The molecule has 0 aliphatic rings. The van der Waals surface area contributed by atoms with Crippen LogP contribution in [-0.2, 0) is 30.3 Å². The molecule has 0 aliphatic heterocycles. The number of aromatic amines is 1. The maximum absolute atomic E-state index is 11.5. The van der Waals surface area contributed by atoms with Crippen molar-refractivity contribution >= 4 is 17.8 Å². The summed E-state index contributed by atoms with van der Waals surface area (Å²) in [5, 5.41) is 10.7. The number of nitrogens with one attached hydrogen (secondary N) is 2. The Kier molecular flexibility index (Phi) is 11.0. The molecule has 1 heterocycles. The van der Waals surface area contributed by atoms with E-state index in [2.05, 4.69) is 37.9 Å². The first-order valence-corrected chi connectivity index (χ1v) is 7.67. The van der Waals surface area contributed by atoms with Crippen molar-refractivity contribution < 1.29 is 29.0 Å². The first kappa shape index (κ1) is 23.1. The average molecular weight is 367 g/mol. The van der Waals surface area contributed by atoms with Gasteiger partial charge in [0.1, 0.15) is 12.6 Å². The first-order valence-electron chi connectivity index (χ1n) is 7.67. The van der Waals surface area contributed by atoms with Gasteiger partial charge in [-0.15, -0.1) is 0 Å². The van der Waals surface area contributed by atoms with Crippen LogP contribution in [-0.4, -0.2) is 59.3 Å². The summed E-state index contributed by atoms with van der Waals surface area (Å²) < 4.78 is 9.09. The molecule has 9 nitrogen and oxygen atoms in total. The average Bonchev–Trinajstić information content (AvgIpc) is 3.11. The van der Waals surface area contributed by atoms with Gasteiger partial charge in [0.25, 0.3) is 0 Å². The van der Waals surface area contributed by atoms with Crippen molar-refractivity contribution in [2.24, 2.45) is 0 Å². The number of hydrogen-bond donors (Lipinski definition) is 3. The number of methoxy groups -OCH3 is 1. The van der Waals surface area contributed by atoms with Crippen LogP contribution in [0.25, 0.3) is 0 Å². The van der Waals surface area contributed by atoms with Gasteiger partial charge in [0.05, 0.1) is 20.0 Å². The molecule has 26 heavy (non-hydrogen) atoms. The summed E-state index contributed by atoms with van der Waals surface area (Å²) >= 11 is 0. The number of esters is 2. The van der Waals surface area contributed by atoms with Gasteiger partial charge in [-0.25, -0.2) is 14.6 Å². The van der Waals surface area contributed by atoms with Crippen molar-refractivity contribution in [3.63, 3.8) is 0 Å². The molecule has 0 bridgehead atoms. The van der Waals surface area contributed by atoms with E-state index in [0.717, 1.165) is 5.69 Å². The topological polar surface area (TPSA) is 131 Å². The number of imidazole rings is 1. The molecule has 0 spiro atoms. The second-order valence-corrected chi connectivity index (χ2v) is 5.25. The maximum atomic E-state index is 11.5. The summed E-state index contributed by atoms with van der Waals surface area (Å²) in [6.07, 6.45) is 3.39. The lowest BCUT2D eigenvalue weighted by Gasteiger charge is -2.15. The summed E-state index contributed by atoms with van der Waals surface area (Å²) in [4.78, 5) is 40.1. The monoisotopic (exact) mass is 367 g/mol. The third-order valence-electron chi connectivity index (χ3n) is 2.83. The molecule has 144 valence electrons. The number of ether oxygens (including phenoxy) is 2. The van der Waals surface area contributed by atoms with Crippen molar-refractivity contribution in [1.82, 2.24) is 15.3 Å². The van der Waals surface area contributed by atoms with Crippen LogP contribution in [0.1, 0.15) is 19.5 Å². The molecular weight excluding hydrogens is 342 g/mol. The summed E-state index contributed by atoms with van der Waals surface area (Å²) in [7, 11) is 1.27. The Labute approximate surface area is 152 Å². The van der Waals surface area contributed by atoms with Crippen LogP contribution in [0.5, 0.6) is 0 Å². The smallest absolute Gasteiger partial charge is 0.333 e. The van der Waals surface area contributed by atoms with E-state index in [0.29, 0.717) is 17.6 Å². The molecule has 0 radical (unpaired) electrons. The van der Waals surface area contributed by atoms with Crippen LogP contribution in [0.3, 0.4) is 0 Å². The normalized spacial score (nSPS) is 10.6. The summed E-state index contributed by atoms with van der Waals surface area (Å²) in [5.74, 6) is -1.34. The highest BCUT2D eigenvalue weighted by atomic mass is 16.5. The van der Waals surface area contributed by atoms with E-state index in [9.17, 15) is 14.4 Å². The van der Waals surface area contributed by atoms with Gasteiger partial charge >= 0.3 is 11.9 Å². The number of nitrogens with zero attached hydrogens (tertiary/aromatic N) is 1. The fourth-order valence-electron chi connectivity index (χ4n) is 1.49. The van der Waals surface area contributed by atoms with Crippen LogP contribution < -0.4 is 5.32 Å². The highest BCUT2D eigenvalue weighted by Gasteiger charge is 2.22. The molecule has 0 unspecified atom stereocenters. The first-order chi connectivity index (χ1) is 12.2. The van der Waals surface area contributed by atoms with Gasteiger partial charge in [0.2, 0.25) is 5.91 Å². The predicted molar refractivity (Wildman–Crippen MR) is 93.9 cm³/mol. The zero-order valence-corrected chi connectivity index (χ0v) is 15.2. The fraction of sp³-hybridized carbons (Fsp3) is 0.412. The maximum Gasteiger partial charge on any atom is 0.333 e. The number of H-pyrrole nitrogens is 1. The van der Waals surface area contributed by atoms with Crippen molar-refractivity contribution in [3.8, 4) is 0 Å². The van der Waals surface area contributed by atoms with E-state index in [1.807, 2.05) is 0 Å². The van der Waals surface area contributed by atoms with E-state index >= 15 is 0 Å². The third-order valence-corrected chi connectivity index (χ3v) is 2.83. The van der Waals surface area contributed by atoms with Crippen LogP contribution in [0.4, 0.5) is 0 Å². The van der Waals surface area contributed by atoms with E-state index in [1.54, 1.807) is 20.0 Å². The number of hydrogen-bond acceptors (Lipinski definition) is 7. The van der Waals surface area contributed by atoms with E-state index < -0.39 is 18.0 Å². The third kappa shape index (κ3) is 9.38. The Morgan fingerprint density at radius 2 is 1.96 bits per heavy atom. The number of amides is 1. The summed E-state index contributed by atoms with van der Waals surface area (Å²) in [5.41, 5.74) is 1.43. The minimum atomic E-state index is -0.746. The molecule has 0 aliphatic carbocycles. The molecule has 1 aromatic heterocycles. The van der Waals surface area contributed by atoms with Gasteiger partial charge in [-0.3, -0.25) is 4.79 Å². The quantitative estimate of drug-likeness (QED) is 0.444. The van der Waals surface area contributed by atoms with E-state index in [-0.39, 0.29) is 19.1 Å². The molecule has 3 N–H and O–H groups in total. The van der Waals surface area contributed by atoms with E-state index in [1.165, 1.54) is 13.4 Å². The molecule has 9 heteroatoms. The number of aliphatic hydroxyl groups excluding tert-OH is 1. The Hall–Kier alpha value is -2.94. The minimum Gasteiger partial charge on any atom is -0.467 e. The lowest BCUT2D eigenvalue weighted by Crippen LogP contribution is -2.43. The van der Waals surface area contributed by atoms with Crippen molar-refractivity contribution in [2.75, 3.05) is 20.3 Å². The molecule has 0 saturated carbocycles. The number of rotatable bonds is 8. The van der Waals surface area contributed by atoms with Crippen LogP contribution in [0, 0.1) is 0 Å². The molecule has 1 amide bonds. The molecule has 0 saturated heterocycles. The minimum absolute atomic E-state index is 0.0473. The zero-order chi connectivity index (χ0) is 20.1. The second kappa shape index (κ2) is 12.4. The van der Waals surface area contributed by atoms with Crippen LogP contribution in [0.2, 0.25) is 0 Å². The Morgan fingerprint density at radius 1 is 1.31 bits per heavy atom. The number of aliphatic hydroxyl groups is 1. The van der Waals surface area contributed by atoms with Gasteiger partial charge in [-0.1, -0.05) is 13.2 Å². The Bertz CT molecular complexity index is 624. The molecule has 0 aromatic carbocycles. The Balaban J connectivity index is 0.000000590. The molecule has 1 rings (SSSR count). The molecule has 1 atom stereocenters. The zero-order valence-electron chi connectivity index (χ0n) is 15.2. The second-order valence-electron chi connectivity index (χ2n) is 5.25. The Morgan fingerprint density at radius 3 is 2.38 bits per heavy atom. The lowest BCUT2D eigenvalue weighted by atomic mass is 10.1. The van der Waals surface area contributed by atoms with Gasteiger partial charge in [-0.2, -0.15) is 0 Å². The van der Waals surface area contributed by atoms with Crippen LogP contribution in [0.15, 0.2) is 36.8 Å². The van der Waals surface area contributed by atoms with Crippen LogP contribution >= 0.6 is 0 Å². The number of aromatic nitrogens is 2. The molecule has 1 aromatic rings. The van der Waals surface area contributed by atoms with Crippen molar-refractivity contribution in [3.05, 3.63) is 42.5 Å². The number of carbonyl (C=O) groups excluding carboxylic acids is 3. The number of carbonyl (C=O) groups is 3. The standard InChI is InChI=1S/C11H15N3O3.C6H10O3/c1-7(2)10(15)14-9(11(16)17-3)4-8-5-12-6-13-8;1-5(2)6(8)9-4-3-7/h5-6,9H,1,4H2,2-3H3,(H,12,13)(H,14,15);7H,1,3-4H2,2H3/t9-;/m0./s1. The molecular formula is C17H25N3O6. The van der Waals surface area contributed by atoms with Crippen molar-refractivity contribution in [2.45, 2.75) is 26.3 Å². The SMILES string of the molecule is C=C(C)C(=O)N[C@@H](Cc1cnc[nH]1)C(=O)OC.C=C(C)C(=O)OCCO. The predicted octanol–water partition coefficient (Wildman–Crippen LogP) is 0.284.